The Labute approximate surface area is 175 Å². The third-order valence-electron chi connectivity index (χ3n) is 3.86. The van der Waals surface area contributed by atoms with Gasteiger partial charge in [-0.1, -0.05) is 17.7 Å². The van der Waals surface area contributed by atoms with Crippen LogP contribution in [0.4, 0.5) is 20.3 Å². The van der Waals surface area contributed by atoms with Crippen molar-refractivity contribution in [1.82, 2.24) is 15.0 Å². The normalized spacial score (nSPS) is 10.1. The number of rotatable bonds is 5. The van der Waals surface area contributed by atoms with E-state index in [9.17, 15) is 13.6 Å². The summed E-state index contributed by atoms with van der Waals surface area (Å²) in [6.07, 6.45) is 5.21. The molecule has 3 aromatic heterocycles. The lowest BCUT2D eigenvalue weighted by Gasteiger charge is -2.10. The average molecular weight is 432 g/mol. The summed E-state index contributed by atoms with van der Waals surface area (Å²) < 4.78 is 33.3. The fraction of sp³-hybridized carbons (Fsp3) is 0.0500. The number of carbonyl (C=O) groups is 1. The fourth-order valence-electron chi connectivity index (χ4n) is 2.49. The van der Waals surface area contributed by atoms with Crippen LogP contribution in [0.2, 0.25) is 5.02 Å². The van der Waals surface area contributed by atoms with Crippen LogP contribution in [-0.4, -0.2) is 28.4 Å². The minimum Gasteiger partial charge on any atom is -0.450 e. The maximum absolute atomic E-state index is 13.9. The molecule has 3 heterocycles. The van der Waals surface area contributed by atoms with Crippen LogP contribution in [0.5, 0.6) is 11.5 Å². The molecule has 10 heteroatoms. The van der Waals surface area contributed by atoms with Gasteiger partial charge in [-0.2, -0.15) is 0 Å². The van der Waals surface area contributed by atoms with Gasteiger partial charge < -0.3 is 20.4 Å². The molecular formula is C20H16ClF2N5O2. The molecule has 0 radical (unpaired) electrons. The van der Waals surface area contributed by atoms with Crippen LogP contribution in [0.1, 0.15) is 0 Å². The molecule has 4 rings (SSSR count). The van der Waals surface area contributed by atoms with Crippen LogP contribution in [0.3, 0.4) is 0 Å². The summed E-state index contributed by atoms with van der Waals surface area (Å²) >= 11 is 6.02. The third kappa shape index (κ3) is 4.81. The predicted octanol–water partition coefficient (Wildman–Crippen LogP) is 4.98. The molecule has 1 amide bonds. The number of amides is 1. The average Bonchev–Trinajstić information content (AvgIpc) is 3.14. The van der Waals surface area contributed by atoms with Crippen molar-refractivity contribution in [2.45, 2.75) is 0 Å². The van der Waals surface area contributed by atoms with E-state index in [-0.39, 0.29) is 5.75 Å². The molecule has 7 nitrogen and oxygen atoms in total. The molecule has 0 saturated carbocycles. The zero-order valence-corrected chi connectivity index (χ0v) is 16.4. The van der Waals surface area contributed by atoms with Crippen molar-refractivity contribution in [1.29, 1.82) is 0 Å². The molecule has 0 saturated heterocycles. The van der Waals surface area contributed by atoms with Crippen LogP contribution >= 0.6 is 11.6 Å². The van der Waals surface area contributed by atoms with Gasteiger partial charge in [0, 0.05) is 43.5 Å². The van der Waals surface area contributed by atoms with Crippen molar-refractivity contribution in [3.05, 3.63) is 71.6 Å². The molecule has 0 atom stereocenters. The number of halogens is 3. The Morgan fingerprint density at radius 3 is 2.53 bits per heavy atom. The molecule has 0 aliphatic carbocycles. The van der Waals surface area contributed by atoms with Crippen LogP contribution < -0.4 is 15.4 Å². The van der Waals surface area contributed by atoms with E-state index in [0.717, 1.165) is 12.1 Å². The number of hydrogen-bond acceptors (Lipinski definition) is 5. The number of aromatic amines is 1. The highest BCUT2D eigenvalue weighted by molar-refractivity contribution is 6.36. The number of pyridine rings is 2. The van der Waals surface area contributed by atoms with Crippen molar-refractivity contribution < 1.29 is 18.3 Å². The number of benzene rings is 1. The summed E-state index contributed by atoms with van der Waals surface area (Å²) in [5.41, 5.74) is 0.794. The lowest BCUT2D eigenvalue weighted by Crippen LogP contribution is -1.97. The van der Waals surface area contributed by atoms with Gasteiger partial charge in [0.1, 0.15) is 17.2 Å². The number of nitrogens with one attached hydrogen (secondary N) is 3. The van der Waals surface area contributed by atoms with Crippen molar-refractivity contribution >= 4 is 40.5 Å². The van der Waals surface area contributed by atoms with Gasteiger partial charge in [0.2, 0.25) is 6.41 Å². The molecule has 0 aliphatic rings. The molecule has 30 heavy (non-hydrogen) atoms. The number of aromatic nitrogens is 3. The highest BCUT2D eigenvalue weighted by Crippen LogP contribution is 2.36. The molecule has 0 bridgehead atoms. The van der Waals surface area contributed by atoms with E-state index in [4.69, 9.17) is 16.3 Å². The number of fused-ring (bicyclic) bond motifs is 1. The number of hydrogen-bond donors (Lipinski definition) is 3. The van der Waals surface area contributed by atoms with Crippen LogP contribution in [0.25, 0.3) is 11.0 Å². The van der Waals surface area contributed by atoms with E-state index < -0.39 is 17.4 Å². The molecule has 1 aromatic carbocycles. The highest BCUT2D eigenvalue weighted by Gasteiger charge is 2.16. The van der Waals surface area contributed by atoms with Crippen LogP contribution in [-0.2, 0) is 4.79 Å². The zero-order valence-electron chi connectivity index (χ0n) is 15.6. The SMILES string of the molecule is CNc1cc(F)c(Oc2ccnc3[nH]cc(Cl)c23)c(F)c1.O=CNc1ccccn1. The van der Waals surface area contributed by atoms with Gasteiger partial charge in [0.15, 0.2) is 17.4 Å². The largest absolute Gasteiger partial charge is 0.450 e. The summed E-state index contributed by atoms with van der Waals surface area (Å²) in [6.45, 7) is 0. The van der Waals surface area contributed by atoms with E-state index in [0.29, 0.717) is 34.0 Å². The van der Waals surface area contributed by atoms with Gasteiger partial charge in [-0.25, -0.2) is 18.7 Å². The summed E-state index contributed by atoms with van der Waals surface area (Å²) in [5.74, 6) is -1.31. The first-order valence-electron chi connectivity index (χ1n) is 8.61. The van der Waals surface area contributed by atoms with Gasteiger partial charge in [-0.3, -0.25) is 4.79 Å². The third-order valence-corrected chi connectivity index (χ3v) is 4.16. The Hall–Kier alpha value is -3.72. The number of nitrogens with zero attached hydrogens (tertiary/aromatic N) is 2. The van der Waals surface area contributed by atoms with E-state index in [1.165, 1.54) is 18.5 Å². The second kappa shape index (κ2) is 9.66. The summed E-state index contributed by atoms with van der Waals surface area (Å²) in [7, 11) is 1.57. The van der Waals surface area contributed by atoms with E-state index in [2.05, 4.69) is 25.6 Å². The standard InChI is InChI=1S/C14H10ClF2N3O.C6H6N2O/c1-18-7-4-9(16)13(10(17)5-7)21-11-2-3-19-14-12(11)8(15)6-20-14;9-5-8-6-3-1-2-4-7-6/h2-6,18H,1H3,(H,19,20);1-5H,(H,7,8,9). The Kier molecular flexibility index (Phi) is 6.76. The maximum Gasteiger partial charge on any atom is 0.212 e. The molecule has 0 aliphatic heterocycles. The van der Waals surface area contributed by atoms with Crippen molar-refractivity contribution in [2.24, 2.45) is 0 Å². The quantitative estimate of drug-likeness (QED) is 0.388. The zero-order chi connectivity index (χ0) is 21.5. The van der Waals surface area contributed by atoms with Gasteiger partial charge in [0.25, 0.3) is 0 Å². The highest BCUT2D eigenvalue weighted by atomic mass is 35.5. The number of carbonyl (C=O) groups excluding carboxylic acids is 1. The predicted molar refractivity (Wildman–Crippen MR) is 111 cm³/mol. The van der Waals surface area contributed by atoms with Crippen molar-refractivity contribution in [3.63, 3.8) is 0 Å². The second-order valence-corrected chi connectivity index (χ2v) is 6.17. The second-order valence-electron chi connectivity index (χ2n) is 5.77. The summed E-state index contributed by atoms with van der Waals surface area (Å²) in [4.78, 5) is 20.5. The van der Waals surface area contributed by atoms with Crippen molar-refractivity contribution in [3.8, 4) is 11.5 Å². The lowest BCUT2D eigenvalue weighted by atomic mass is 10.2. The van der Waals surface area contributed by atoms with Crippen LogP contribution in [0.15, 0.2) is 55.0 Å². The smallest absolute Gasteiger partial charge is 0.212 e. The van der Waals surface area contributed by atoms with Gasteiger partial charge in [-0.15, -0.1) is 0 Å². The molecule has 154 valence electrons. The number of ether oxygens (including phenoxy) is 1. The van der Waals surface area contributed by atoms with Gasteiger partial charge >= 0.3 is 0 Å². The summed E-state index contributed by atoms with van der Waals surface area (Å²) in [6, 6.07) is 9.10. The van der Waals surface area contributed by atoms with Crippen molar-refractivity contribution in [2.75, 3.05) is 17.7 Å². The fourth-order valence-corrected chi connectivity index (χ4v) is 2.73. The first-order chi connectivity index (χ1) is 14.5. The minimum atomic E-state index is -0.809. The molecule has 0 unspecified atom stereocenters. The Balaban J connectivity index is 0.000000239. The lowest BCUT2D eigenvalue weighted by molar-refractivity contribution is -0.105. The first kappa shape index (κ1) is 21.0. The molecular weight excluding hydrogens is 416 g/mol. The number of H-pyrrole nitrogens is 1. The summed E-state index contributed by atoms with van der Waals surface area (Å²) in [5, 5.41) is 5.91. The van der Waals surface area contributed by atoms with Gasteiger partial charge in [-0.05, 0) is 18.2 Å². The Bertz CT molecular complexity index is 1130. The Morgan fingerprint density at radius 2 is 1.90 bits per heavy atom. The topological polar surface area (TPSA) is 91.9 Å². The number of anilines is 2. The Morgan fingerprint density at radius 1 is 1.13 bits per heavy atom. The van der Waals surface area contributed by atoms with E-state index in [1.807, 2.05) is 0 Å². The van der Waals surface area contributed by atoms with Gasteiger partial charge in [0.05, 0.1) is 10.4 Å². The van der Waals surface area contributed by atoms with Crippen LogP contribution in [0, 0.1) is 11.6 Å². The first-order valence-corrected chi connectivity index (χ1v) is 8.98. The van der Waals surface area contributed by atoms with E-state index in [1.54, 1.807) is 31.4 Å². The molecule has 3 N–H and O–H groups in total. The minimum absolute atomic E-state index is 0.223. The van der Waals surface area contributed by atoms with E-state index >= 15 is 0 Å². The maximum atomic E-state index is 13.9. The monoisotopic (exact) mass is 431 g/mol. The molecule has 0 fully saturated rings. The molecule has 4 aromatic rings. The molecule has 0 spiro atoms.